The van der Waals surface area contributed by atoms with Crippen molar-refractivity contribution in [2.24, 2.45) is 11.6 Å². The van der Waals surface area contributed by atoms with Gasteiger partial charge in [0.2, 0.25) is 0 Å². The number of likely N-dealkylation sites (tertiary alicyclic amines) is 1. The smallest absolute Gasteiger partial charge is 0.268 e. The summed E-state index contributed by atoms with van der Waals surface area (Å²) in [5, 5.41) is 6.62. The van der Waals surface area contributed by atoms with E-state index < -0.39 is 5.91 Å². The highest BCUT2D eigenvalue weighted by Gasteiger charge is 2.21. The van der Waals surface area contributed by atoms with E-state index in [2.05, 4.69) is 48.0 Å². The zero-order chi connectivity index (χ0) is 30.7. The average Bonchev–Trinajstić information content (AvgIpc) is 3.47. The van der Waals surface area contributed by atoms with Crippen LogP contribution in [0.3, 0.4) is 0 Å². The van der Waals surface area contributed by atoms with E-state index in [9.17, 15) is 9.59 Å². The molecule has 0 unspecified atom stereocenters. The number of benzene rings is 2. The summed E-state index contributed by atoms with van der Waals surface area (Å²) in [6.07, 6.45) is 6.07. The predicted octanol–water partition coefficient (Wildman–Crippen LogP) is 4.57. The van der Waals surface area contributed by atoms with Crippen LogP contribution in [0.15, 0.2) is 42.2 Å². The molecule has 2 aromatic rings. The van der Waals surface area contributed by atoms with Crippen molar-refractivity contribution in [3.63, 3.8) is 0 Å². The molecule has 0 aromatic heterocycles. The van der Waals surface area contributed by atoms with Crippen molar-refractivity contribution in [2.45, 2.75) is 52.9 Å². The van der Waals surface area contributed by atoms with Crippen molar-refractivity contribution >= 4 is 40.8 Å². The number of likely N-dealkylation sites (N-methyl/N-ethyl adjacent to an activating group) is 1. The Hall–Kier alpha value is -3.41. The molecule has 0 saturated carbocycles. The Kier molecular flexibility index (Phi) is 12.8. The van der Waals surface area contributed by atoms with Crippen LogP contribution in [0.25, 0.3) is 0 Å². The monoisotopic (exact) mass is 585 g/mol. The summed E-state index contributed by atoms with van der Waals surface area (Å²) in [5.74, 6) is 5.85. The number of nitrogens with zero attached hydrogens (tertiary/aromatic N) is 2. The third-order valence-electron chi connectivity index (χ3n) is 6.78. The van der Waals surface area contributed by atoms with Crippen LogP contribution in [0.2, 0.25) is 0 Å². The topological polar surface area (TPSA) is 138 Å². The Morgan fingerprint density at radius 2 is 1.78 bits per heavy atom. The third-order valence-corrected chi connectivity index (χ3v) is 7.21. The van der Waals surface area contributed by atoms with Gasteiger partial charge < -0.3 is 30.7 Å². The minimum atomic E-state index is -0.456. The Morgan fingerprint density at radius 1 is 1.15 bits per heavy atom. The highest BCUT2D eigenvalue weighted by molar-refractivity contribution is 7.99. The van der Waals surface area contributed by atoms with Crippen LogP contribution in [0.1, 0.15) is 62.0 Å². The number of nitrogens with two attached hydrogens (primary N) is 2. The SMILES string of the molecule is CCN1CCCC1.CNC(=O)/C(N)=C/N(N)c1cc(C(=O)Nc2cc(C(C)(C)C)cc(NSC)c2OC)ccc1C. The fourth-order valence-electron chi connectivity index (χ4n) is 4.30. The summed E-state index contributed by atoms with van der Waals surface area (Å²) in [7, 11) is 3.04. The van der Waals surface area contributed by atoms with Crippen molar-refractivity contribution in [1.29, 1.82) is 0 Å². The second-order valence-corrected chi connectivity index (χ2v) is 11.4. The Balaban J connectivity index is 0.000000729. The summed E-state index contributed by atoms with van der Waals surface area (Å²) in [5.41, 5.74) is 9.62. The molecule has 1 saturated heterocycles. The summed E-state index contributed by atoms with van der Waals surface area (Å²) in [4.78, 5) is 27.4. The zero-order valence-electron chi connectivity index (χ0n) is 25.7. The number of hydrogen-bond acceptors (Lipinski definition) is 9. The highest BCUT2D eigenvalue weighted by atomic mass is 32.2. The van der Waals surface area contributed by atoms with Crippen LogP contribution < -0.4 is 36.7 Å². The number of anilines is 3. The van der Waals surface area contributed by atoms with E-state index >= 15 is 0 Å². The van der Waals surface area contributed by atoms with Crippen LogP contribution in [-0.4, -0.2) is 56.8 Å². The van der Waals surface area contributed by atoms with Gasteiger partial charge in [0.1, 0.15) is 5.70 Å². The normalized spacial score (nSPS) is 13.6. The third kappa shape index (κ3) is 9.58. The maximum Gasteiger partial charge on any atom is 0.268 e. The average molecular weight is 586 g/mol. The van der Waals surface area contributed by atoms with Crippen LogP contribution >= 0.6 is 11.9 Å². The van der Waals surface area contributed by atoms with E-state index in [0.717, 1.165) is 16.8 Å². The molecule has 0 aliphatic carbocycles. The van der Waals surface area contributed by atoms with Gasteiger partial charge >= 0.3 is 0 Å². The van der Waals surface area contributed by atoms with Gasteiger partial charge in [-0.2, -0.15) is 0 Å². The fourth-order valence-corrected chi connectivity index (χ4v) is 4.68. The highest BCUT2D eigenvalue weighted by Crippen LogP contribution is 2.39. The second kappa shape index (κ2) is 15.6. The number of rotatable bonds is 9. The predicted molar refractivity (Wildman–Crippen MR) is 172 cm³/mol. The molecule has 1 aliphatic heterocycles. The maximum atomic E-state index is 13.2. The molecule has 1 heterocycles. The molecule has 226 valence electrons. The van der Waals surface area contributed by atoms with Crippen molar-refractivity contribution in [2.75, 3.05) is 55.1 Å². The standard InChI is InChI=1S/C24H34N6O3S.C6H13N/c1-14-8-9-15(10-20(14)30(26)13-17(25)23(32)27-5)22(31)28-18-11-16(24(2,3)4)12-19(29-34-7)21(18)33-6;1-2-7-5-3-4-6-7/h8-13,29H,25-26H2,1-7H3,(H,27,32)(H,28,31);2-6H2,1H3/b17-13-;. The molecule has 41 heavy (non-hydrogen) atoms. The molecule has 0 radical (unpaired) electrons. The molecule has 1 aliphatic rings. The number of carbonyl (C=O) groups is 2. The number of aryl methyl sites for hydroxylation is 1. The summed E-state index contributed by atoms with van der Waals surface area (Å²) in [6, 6.07) is 9.05. The lowest BCUT2D eigenvalue weighted by atomic mass is 9.86. The summed E-state index contributed by atoms with van der Waals surface area (Å²) in [6.45, 7) is 14.3. The molecular formula is C30H47N7O3S. The lowest BCUT2D eigenvalue weighted by Gasteiger charge is -2.24. The quantitative estimate of drug-likeness (QED) is 0.124. The lowest BCUT2D eigenvalue weighted by Crippen LogP contribution is -2.31. The van der Waals surface area contributed by atoms with E-state index in [1.165, 1.54) is 62.7 Å². The number of nitrogens with one attached hydrogen (secondary N) is 3. The summed E-state index contributed by atoms with van der Waals surface area (Å²) >= 11 is 1.44. The van der Waals surface area contributed by atoms with Gasteiger partial charge in [-0.3, -0.25) is 14.6 Å². The van der Waals surface area contributed by atoms with Gasteiger partial charge in [0, 0.05) is 25.1 Å². The Labute approximate surface area is 249 Å². The number of methoxy groups -OCH3 is 1. The molecule has 11 heteroatoms. The first-order chi connectivity index (χ1) is 19.4. The van der Waals surface area contributed by atoms with E-state index in [0.29, 0.717) is 22.7 Å². The minimum Gasteiger partial charge on any atom is -0.492 e. The number of amides is 2. The lowest BCUT2D eigenvalue weighted by molar-refractivity contribution is -0.117. The molecule has 0 spiro atoms. The van der Waals surface area contributed by atoms with Gasteiger partial charge in [-0.1, -0.05) is 45.7 Å². The van der Waals surface area contributed by atoms with Crippen molar-refractivity contribution in [3.05, 3.63) is 58.9 Å². The first-order valence-corrected chi connectivity index (χ1v) is 15.0. The minimum absolute atomic E-state index is 0.0585. The molecule has 2 amide bonds. The van der Waals surface area contributed by atoms with E-state index in [-0.39, 0.29) is 17.0 Å². The molecular weight excluding hydrogens is 538 g/mol. The second-order valence-electron chi connectivity index (χ2n) is 10.8. The van der Waals surface area contributed by atoms with Crippen molar-refractivity contribution in [3.8, 4) is 5.75 Å². The van der Waals surface area contributed by atoms with Crippen LogP contribution in [-0.2, 0) is 10.2 Å². The van der Waals surface area contributed by atoms with E-state index in [1.807, 2.05) is 25.3 Å². The van der Waals surface area contributed by atoms with Crippen molar-refractivity contribution < 1.29 is 14.3 Å². The molecule has 0 bridgehead atoms. The number of hydrazine groups is 1. The fraction of sp³-hybridized carbons (Fsp3) is 0.467. The Morgan fingerprint density at radius 3 is 2.29 bits per heavy atom. The molecule has 0 atom stereocenters. The van der Waals surface area contributed by atoms with Crippen molar-refractivity contribution in [1.82, 2.24) is 10.2 Å². The largest absolute Gasteiger partial charge is 0.492 e. The number of hydrogen-bond donors (Lipinski definition) is 5. The zero-order valence-corrected chi connectivity index (χ0v) is 26.5. The van der Waals surface area contributed by atoms with Gasteiger partial charge in [0.05, 0.1) is 24.2 Å². The van der Waals surface area contributed by atoms with Crippen LogP contribution in [0, 0.1) is 6.92 Å². The van der Waals surface area contributed by atoms with Gasteiger partial charge in [-0.05, 0) is 80.2 Å². The molecule has 7 N–H and O–H groups in total. The molecule has 3 rings (SSSR count). The van der Waals surface area contributed by atoms with E-state index in [1.54, 1.807) is 25.3 Å². The van der Waals surface area contributed by atoms with Gasteiger partial charge in [0.15, 0.2) is 5.75 Å². The number of carbonyl (C=O) groups excluding carboxylic acids is 2. The van der Waals surface area contributed by atoms with Crippen LogP contribution in [0.4, 0.5) is 17.1 Å². The van der Waals surface area contributed by atoms with E-state index in [4.69, 9.17) is 16.3 Å². The first-order valence-electron chi connectivity index (χ1n) is 13.7. The first kappa shape index (κ1) is 33.8. The Bertz CT molecular complexity index is 1220. The van der Waals surface area contributed by atoms with Gasteiger partial charge in [0.25, 0.3) is 11.8 Å². The van der Waals surface area contributed by atoms with Gasteiger partial charge in [-0.25, -0.2) is 5.84 Å². The molecule has 10 nitrogen and oxygen atoms in total. The molecule has 2 aromatic carbocycles. The van der Waals surface area contributed by atoms with Crippen LogP contribution in [0.5, 0.6) is 5.75 Å². The summed E-state index contributed by atoms with van der Waals surface area (Å²) < 4.78 is 8.84. The molecule has 1 fully saturated rings. The number of ether oxygens (including phenoxy) is 1. The maximum absolute atomic E-state index is 13.2. The van der Waals surface area contributed by atoms with Gasteiger partial charge in [-0.15, -0.1) is 0 Å².